The van der Waals surface area contributed by atoms with E-state index in [4.69, 9.17) is 4.99 Å². The molecule has 2 heterocycles. The predicted octanol–water partition coefficient (Wildman–Crippen LogP) is 3.55. The van der Waals surface area contributed by atoms with Gasteiger partial charge in [0.15, 0.2) is 5.70 Å². The molecule has 0 amide bonds. The molecule has 0 saturated heterocycles. The van der Waals surface area contributed by atoms with Gasteiger partial charge in [-0.15, -0.1) is 0 Å². The van der Waals surface area contributed by atoms with E-state index in [1.54, 1.807) is 6.07 Å². The third-order valence-corrected chi connectivity index (χ3v) is 4.56. The zero-order valence-corrected chi connectivity index (χ0v) is 13.9. The largest absolute Gasteiger partial charge is 0.391 e. The summed E-state index contributed by atoms with van der Waals surface area (Å²) in [5.41, 5.74) is 4.04. The van der Waals surface area contributed by atoms with Crippen molar-refractivity contribution in [3.63, 3.8) is 0 Å². The van der Waals surface area contributed by atoms with Gasteiger partial charge in [0, 0.05) is 30.3 Å². The molecule has 2 aliphatic rings. The van der Waals surface area contributed by atoms with Crippen LogP contribution < -0.4 is 9.80 Å². The molecule has 0 aromatic heterocycles. The molecule has 2 aromatic rings. The topological polar surface area (TPSA) is 41.7 Å². The normalized spacial score (nSPS) is 17.1. The summed E-state index contributed by atoms with van der Waals surface area (Å²) in [6.45, 7) is 2.22. The van der Waals surface area contributed by atoms with E-state index in [-0.39, 0.29) is 6.61 Å². The number of anilines is 1. The second kappa shape index (κ2) is 6.27. The first-order valence-electron chi connectivity index (χ1n) is 8.14. The highest BCUT2D eigenvalue weighted by Crippen LogP contribution is 2.32. The number of benzene rings is 2. The van der Waals surface area contributed by atoms with E-state index in [2.05, 4.69) is 4.90 Å². The molecule has 1 N–H and O–H groups in total. The lowest BCUT2D eigenvalue weighted by atomic mass is 10.1. The fourth-order valence-electron chi connectivity index (χ4n) is 3.22. The van der Waals surface area contributed by atoms with Crippen molar-refractivity contribution in [2.45, 2.75) is 13.5 Å². The summed E-state index contributed by atoms with van der Waals surface area (Å²) in [5.74, 6) is 0.473. The van der Waals surface area contributed by atoms with Crippen LogP contribution in [0, 0.1) is 5.82 Å². The Balaban J connectivity index is 1.69. The Morgan fingerprint density at radius 3 is 2.72 bits per heavy atom. The summed E-state index contributed by atoms with van der Waals surface area (Å²) in [7, 11) is 0. The number of halogens is 1. The van der Waals surface area contributed by atoms with Gasteiger partial charge >= 0.3 is 0 Å². The number of aliphatic hydroxyl groups is 1. The van der Waals surface area contributed by atoms with Crippen molar-refractivity contribution in [2.24, 2.45) is 4.99 Å². The Morgan fingerprint density at radius 2 is 1.96 bits per heavy atom. The van der Waals surface area contributed by atoms with Gasteiger partial charge in [-0.25, -0.2) is 4.39 Å². The van der Waals surface area contributed by atoms with Gasteiger partial charge in [-0.2, -0.15) is 4.99 Å². The van der Waals surface area contributed by atoms with Gasteiger partial charge in [0.25, 0.3) is 5.84 Å². The lowest BCUT2D eigenvalue weighted by Gasteiger charge is -2.25. The first-order chi connectivity index (χ1) is 12.2. The molecule has 25 heavy (non-hydrogen) atoms. The summed E-state index contributed by atoms with van der Waals surface area (Å²) in [4.78, 5) is 8.75. The number of hydrogen-bond donors (Lipinski definition) is 1. The van der Waals surface area contributed by atoms with Crippen LogP contribution >= 0.6 is 0 Å². The van der Waals surface area contributed by atoms with Gasteiger partial charge in [-0.05, 0) is 12.1 Å². The second-order valence-corrected chi connectivity index (χ2v) is 6.02. The number of fused-ring (bicyclic) bond motifs is 1. The summed E-state index contributed by atoms with van der Waals surface area (Å²) in [6, 6.07) is 14.9. The number of aliphatic imine (C=N–C) groups is 1. The fraction of sp³-hybridized carbons (Fsp3) is 0.150. The third kappa shape index (κ3) is 2.67. The molecule has 0 unspecified atom stereocenters. The Hall–Kier alpha value is -2.76. The zero-order valence-electron chi connectivity index (χ0n) is 13.9. The molecular formula is C20H18FN3O+. The van der Waals surface area contributed by atoms with Crippen LogP contribution in [0.5, 0.6) is 0 Å². The van der Waals surface area contributed by atoms with Gasteiger partial charge in [-0.1, -0.05) is 41.3 Å². The maximum Gasteiger partial charge on any atom is 0.285 e. The summed E-state index contributed by atoms with van der Waals surface area (Å²) >= 11 is 0. The predicted molar refractivity (Wildman–Crippen MR) is 97.4 cm³/mol. The minimum atomic E-state index is -0.397. The van der Waals surface area contributed by atoms with Crippen molar-refractivity contribution < 1.29 is 9.50 Å². The Labute approximate surface area is 145 Å². The van der Waals surface area contributed by atoms with Crippen LogP contribution in [-0.4, -0.2) is 17.6 Å². The van der Waals surface area contributed by atoms with Crippen LogP contribution in [0.1, 0.15) is 18.1 Å². The van der Waals surface area contributed by atoms with E-state index in [9.17, 15) is 9.50 Å². The number of aliphatic hydroxyl groups excluding tert-OH is 1. The molecule has 5 heteroatoms. The molecule has 0 atom stereocenters. The molecule has 4 nitrogen and oxygen atoms in total. The Morgan fingerprint density at radius 1 is 1.16 bits per heavy atom. The van der Waals surface area contributed by atoms with Crippen molar-refractivity contribution in [1.82, 2.24) is 4.90 Å². The maximum atomic E-state index is 14.0. The summed E-state index contributed by atoms with van der Waals surface area (Å²) in [5, 5.41) is 9.52. The van der Waals surface area contributed by atoms with E-state index in [0.717, 1.165) is 22.8 Å². The van der Waals surface area contributed by atoms with Crippen molar-refractivity contribution in [3.05, 3.63) is 83.4 Å². The molecule has 2 aliphatic heterocycles. The van der Waals surface area contributed by atoms with Crippen molar-refractivity contribution >= 4 is 17.2 Å². The minimum absolute atomic E-state index is 0.302. The van der Waals surface area contributed by atoms with E-state index in [1.165, 1.54) is 6.07 Å². The van der Waals surface area contributed by atoms with E-state index in [0.29, 0.717) is 17.9 Å². The molecule has 0 spiro atoms. The van der Waals surface area contributed by atoms with Crippen LogP contribution in [0.4, 0.5) is 10.1 Å². The van der Waals surface area contributed by atoms with E-state index >= 15 is 0 Å². The highest BCUT2D eigenvalue weighted by Gasteiger charge is 2.39. The molecule has 0 saturated carbocycles. The van der Waals surface area contributed by atoms with Gasteiger partial charge in [0.05, 0.1) is 12.3 Å². The average molecular weight is 335 g/mol. The second-order valence-electron chi connectivity index (χ2n) is 6.02. The first-order valence-corrected chi connectivity index (χ1v) is 8.14. The van der Waals surface area contributed by atoms with Crippen molar-refractivity contribution in [3.8, 4) is 0 Å². The van der Waals surface area contributed by atoms with Crippen LogP contribution in [0.2, 0.25) is 0 Å². The molecule has 125 valence electrons. The highest BCUT2D eigenvalue weighted by atomic mass is 19.1. The van der Waals surface area contributed by atoms with Crippen molar-refractivity contribution in [1.29, 1.82) is 0 Å². The monoisotopic (exact) mass is 335 g/mol. The Kier molecular flexibility index (Phi) is 3.95. The average Bonchev–Trinajstić information content (AvgIpc) is 2.98. The number of nitrogens with zero attached hydrogens (tertiary/aromatic N) is 3. The summed E-state index contributed by atoms with van der Waals surface area (Å²) in [6.07, 6.45) is 3.79. The quantitative estimate of drug-likeness (QED) is 0.872. The number of allylic oxidation sites excluding steroid dienone is 1. The van der Waals surface area contributed by atoms with Crippen LogP contribution in [0.15, 0.2) is 71.5 Å². The molecular weight excluding hydrogens is 317 g/mol. The zero-order chi connectivity index (χ0) is 17.4. The van der Waals surface area contributed by atoms with Crippen LogP contribution in [0.25, 0.3) is 5.70 Å². The van der Waals surface area contributed by atoms with Crippen LogP contribution in [0.3, 0.4) is 0 Å². The fourth-order valence-corrected chi connectivity index (χ4v) is 3.22. The first kappa shape index (κ1) is 15.7. The molecule has 1 radical (unpaired) electrons. The van der Waals surface area contributed by atoms with E-state index in [1.807, 2.05) is 60.5 Å². The lowest BCUT2D eigenvalue weighted by molar-refractivity contribution is 0.276. The van der Waals surface area contributed by atoms with Gasteiger partial charge in [0.2, 0.25) is 6.67 Å². The standard InChI is InChI=1S/C20H18FN3O/c1-14-20(15-6-3-2-4-7-15)22-19-10-11-23(13-24(14)19)18-9-5-8-17(21)16(18)12-25/h2-11,25H,12-13H2,1H3/q+1. The number of hydrogen-bond acceptors (Lipinski definition) is 4. The summed E-state index contributed by atoms with van der Waals surface area (Å²) < 4.78 is 14.0. The number of amidine groups is 1. The molecule has 4 rings (SSSR count). The van der Waals surface area contributed by atoms with Gasteiger partial charge in [-0.3, -0.25) is 4.90 Å². The Bertz CT molecular complexity index is 902. The molecule has 0 bridgehead atoms. The third-order valence-electron chi connectivity index (χ3n) is 4.56. The lowest BCUT2D eigenvalue weighted by Crippen LogP contribution is -2.44. The highest BCUT2D eigenvalue weighted by molar-refractivity contribution is 6.05. The van der Waals surface area contributed by atoms with E-state index < -0.39 is 5.82 Å². The maximum absolute atomic E-state index is 14.0. The molecule has 0 fully saturated rings. The SMILES string of the molecule is CC1=C(c2ccccc2)N=C2C=CN(c3cccc(F)c3CO)C[N+]21. The number of rotatable bonds is 3. The minimum Gasteiger partial charge on any atom is -0.391 e. The smallest absolute Gasteiger partial charge is 0.285 e. The van der Waals surface area contributed by atoms with Gasteiger partial charge in [0.1, 0.15) is 11.5 Å². The van der Waals surface area contributed by atoms with Crippen LogP contribution in [-0.2, 0) is 6.61 Å². The molecule has 0 aliphatic carbocycles. The molecule has 2 aromatic carbocycles. The van der Waals surface area contributed by atoms with Gasteiger partial charge < -0.3 is 5.11 Å². The van der Waals surface area contributed by atoms with Crippen molar-refractivity contribution in [2.75, 3.05) is 11.6 Å².